The van der Waals surface area contributed by atoms with Gasteiger partial charge >= 0.3 is 0 Å². The molecule has 0 radical (unpaired) electrons. The van der Waals surface area contributed by atoms with Crippen molar-refractivity contribution in [2.75, 3.05) is 20.3 Å². The standard InChI is InChI=1S/C14H18O2/c1-15-14(9-16-10-14)13-7-6-11-4-2-3-5-12(11)8-13/h6-8H,2-5,9-10H2,1H3. The molecule has 0 atom stereocenters. The molecule has 0 N–H and O–H groups in total. The van der Waals surface area contributed by atoms with Gasteiger partial charge in [0.2, 0.25) is 0 Å². The third-order valence-corrected chi connectivity index (χ3v) is 3.94. The Morgan fingerprint density at radius 1 is 1.12 bits per heavy atom. The molecule has 0 amide bonds. The van der Waals surface area contributed by atoms with Crippen LogP contribution in [0.15, 0.2) is 18.2 Å². The van der Waals surface area contributed by atoms with E-state index in [0.717, 1.165) is 0 Å². The third kappa shape index (κ3) is 1.48. The van der Waals surface area contributed by atoms with E-state index in [1.165, 1.54) is 42.4 Å². The average molecular weight is 218 g/mol. The molecule has 16 heavy (non-hydrogen) atoms. The van der Waals surface area contributed by atoms with E-state index in [0.29, 0.717) is 13.2 Å². The number of rotatable bonds is 2. The molecule has 3 rings (SSSR count). The molecule has 1 aliphatic carbocycles. The fraction of sp³-hybridized carbons (Fsp3) is 0.571. The van der Waals surface area contributed by atoms with Crippen LogP contribution in [-0.4, -0.2) is 20.3 Å². The van der Waals surface area contributed by atoms with Crippen molar-refractivity contribution in [3.63, 3.8) is 0 Å². The van der Waals surface area contributed by atoms with Crippen LogP contribution in [0.25, 0.3) is 0 Å². The molecule has 0 aromatic heterocycles. The van der Waals surface area contributed by atoms with E-state index < -0.39 is 0 Å². The Labute approximate surface area is 96.6 Å². The lowest BCUT2D eigenvalue weighted by molar-refractivity contribution is -0.202. The normalized spacial score (nSPS) is 22.3. The molecule has 1 fully saturated rings. The first-order valence-electron chi connectivity index (χ1n) is 6.09. The van der Waals surface area contributed by atoms with Crippen LogP contribution in [0.1, 0.15) is 29.5 Å². The molecular weight excluding hydrogens is 200 g/mol. The van der Waals surface area contributed by atoms with Crippen LogP contribution >= 0.6 is 0 Å². The summed E-state index contributed by atoms with van der Waals surface area (Å²) in [7, 11) is 1.78. The second kappa shape index (κ2) is 3.86. The van der Waals surface area contributed by atoms with E-state index in [4.69, 9.17) is 9.47 Å². The summed E-state index contributed by atoms with van der Waals surface area (Å²) >= 11 is 0. The number of hydrogen-bond acceptors (Lipinski definition) is 2. The van der Waals surface area contributed by atoms with Crippen molar-refractivity contribution >= 4 is 0 Å². The Hall–Kier alpha value is -0.860. The molecule has 86 valence electrons. The van der Waals surface area contributed by atoms with Gasteiger partial charge in [-0.05, 0) is 42.4 Å². The predicted molar refractivity (Wildman–Crippen MR) is 62.6 cm³/mol. The summed E-state index contributed by atoms with van der Waals surface area (Å²) in [5, 5.41) is 0. The molecule has 0 spiro atoms. The quantitative estimate of drug-likeness (QED) is 0.759. The Kier molecular flexibility index (Phi) is 2.49. The number of methoxy groups -OCH3 is 1. The maximum Gasteiger partial charge on any atom is 0.139 e. The zero-order chi connectivity index (χ0) is 11.0. The van der Waals surface area contributed by atoms with Gasteiger partial charge in [0.05, 0.1) is 13.2 Å². The van der Waals surface area contributed by atoms with Crippen LogP contribution in [0.4, 0.5) is 0 Å². The van der Waals surface area contributed by atoms with E-state index in [-0.39, 0.29) is 5.60 Å². The van der Waals surface area contributed by atoms with E-state index in [9.17, 15) is 0 Å². The minimum absolute atomic E-state index is 0.160. The molecule has 0 unspecified atom stereocenters. The second-order valence-corrected chi connectivity index (χ2v) is 4.88. The lowest BCUT2D eigenvalue weighted by Crippen LogP contribution is -2.48. The molecule has 0 saturated carbocycles. The highest BCUT2D eigenvalue weighted by Gasteiger charge is 2.40. The smallest absolute Gasteiger partial charge is 0.139 e. The van der Waals surface area contributed by atoms with Crippen molar-refractivity contribution in [1.82, 2.24) is 0 Å². The van der Waals surface area contributed by atoms with Gasteiger partial charge in [-0.1, -0.05) is 18.2 Å². The van der Waals surface area contributed by atoms with Crippen molar-refractivity contribution in [1.29, 1.82) is 0 Å². The van der Waals surface area contributed by atoms with Crippen LogP contribution < -0.4 is 0 Å². The van der Waals surface area contributed by atoms with E-state index in [1.807, 2.05) is 0 Å². The van der Waals surface area contributed by atoms with Crippen molar-refractivity contribution < 1.29 is 9.47 Å². The first-order valence-corrected chi connectivity index (χ1v) is 6.09. The van der Waals surface area contributed by atoms with Crippen molar-refractivity contribution in [3.05, 3.63) is 34.9 Å². The van der Waals surface area contributed by atoms with E-state index >= 15 is 0 Å². The van der Waals surface area contributed by atoms with Gasteiger partial charge in [0.1, 0.15) is 5.60 Å². The van der Waals surface area contributed by atoms with Crippen molar-refractivity contribution in [2.24, 2.45) is 0 Å². The Balaban J connectivity index is 1.96. The monoisotopic (exact) mass is 218 g/mol. The van der Waals surface area contributed by atoms with Crippen LogP contribution in [-0.2, 0) is 27.9 Å². The molecule has 1 aliphatic heterocycles. The fourth-order valence-electron chi connectivity index (χ4n) is 2.71. The Morgan fingerprint density at radius 3 is 2.50 bits per heavy atom. The van der Waals surface area contributed by atoms with Crippen LogP contribution in [0, 0.1) is 0 Å². The zero-order valence-corrected chi connectivity index (χ0v) is 9.79. The summed E-state index contributed by atoms with van der Waals surface area (Å²) in [6.07, 6.45) is 5.13. The molecule has 1 saturated heterocycles. The molecular formula is C14H18O2. The third-order valence-electron chi connectivity index (χ3n) is 3.94. The Morgan fingerprint density at radius 2 is 1.88 bits per heavy atom. The number of benzene rings is 1. The van der Waals surface area contributed by atoms with Gasteiger partial charge in [0.25, 0.3) is 0 Å². The number of hydrogen-bond donors (Lipinski definition) is 0. The highest BCUT2D eigenvalue weighted by molar-refractivity contribution is 5.37. The summed E-state index contributed by atoms with van der Waals surface area (Å²) in [4.78, 5) is 0. The van der Waals surface area contributed by atoms with Crippen LogP contribution in [0.5, 0.6) is 0 Å². The largest absolute Gasteiger partial charge is 0.375 e. The molecule has 1 aromatic rings. The molecule has 2 heteroatoms. The highest BCUT2D eigenvalue weighted by atomic mass is 16.6. The average Bonchev–Trinajstić information content (AvgIpc) is 2.28. The highest BCUT2D eigenvalue weighted by Crippen LogP contribution is 2.35. The number of fused-ring (bicyclic) bond motifs is 1. The number of ether oxygens (including phenoxy) is 2. The summed E-state index contributed by atoms with van der Waals surface area (Å²) in [6, 6.07) is 6.83. The van der Waals surface area contributed by atoms with Crippen LogP contribution in [0.2, 0.25) is 0 Å². The molecule has 0 bridgehead atoms. The summed E-state index contributed by atoms with van der Waals surface area (Å²) in [5.41, 5.74) is 4.18. The lowest BCUT2D eigenvalue weighted by atomic mass is 9.85. The van der Waals surface area contributed by atoms with Gasteiger partial charge in [-0.3, -0.25) is 0 Å². The van der Waals surface area contributed by atoms with Crippen molar-refractivity contribution in [3.8, 4) is 0 Å². The molecule has 1 aromatic carbocycles. The first-order chi connectivity index (χ1) is 7.84. The SMILES string of the molecule is COC1(c2ccc3c(c2)CCCC3)COC1. The summed E-state index contributed by atoms with van der Waals surface area (Å²) in [6.45, 7) is 1.39. The predicted octanol–water partition coefficient (Wildman–Crippen LogP) is 2.44. The summed E-state index contributed by atoms with van der Waals surface area (Å²) < 4.78 is 10.9. The maximum absolute atomic E-state index is 5.63. The van der Waals surface area contributed by atoms with E-state index in [1.54, 1.807) is 7.11 Å². The Bertz CT molecular complexity index is 388. The summed E-state index contributed by atoms with van der Waals surface area (Å²) in [5.74, 6) is 0. The molecule has 2 nitrogen and oxygen atoms in total. The van der Waals surface area contributed by atoms with Gasteiger partial charge in [0, 0.05) is 7.11 Å². The van der Waals surface area contributed by atoms with Gasteiger partial charge < -0.3 is 9.47 Å². The maximum atomic E-state index is 5.63. The number of aryl methyl sites for hydroxylation is 2. The topological polar surface area (TPSA) is 18.5 Å². The van der Waals surface area contributed by atoms with Gasteiger partial charge in [-0.25, -0.2) is 0 Å². The minimum atomic E-state index is -0.160. The van der Waals surface area contributed by atoms with Crippen LogP contribution in [0.3, 0.4) is 0 Å². The van der Waals surface area contributed by atoms with Gasteiger partial charge in [-0.15, -0.1) is 0 Å². The first kappa shape index (κ1) is 10.3. The van der Waals surface area contributed by atoms with Gasteiger partial charge in [0.15, 0.2) is 0 Å². The fourth-order valence-corrected chi connectivity index (χ4v) is 2.71. The van der Waals surface area contributed by atoms with Crippen molar-refractivity contribution in [2.45, 2.75) is 31.3 Å². The lowest BCUT2D eigenvalue weighted by Gasteiger charge is -2.41. The molecule has 2 aliphatic rings. The minimum Gasteiger partial charge on any atom is -0.375 e. The molecule has 1 heterocycles. The van der Waals surface area contributed by atoms with Gasteiger partial charge in [-0.2, -0.15) is 0 Å². The zero-order valence-electron chi connectivity index (χ0n) is 9.79. The van der Waals surface area contributed by atoms with E-state index in [2.05, 4.69) is 18.2 Å². The second-order valence-electron chi connectivity index (χ2n) is 4.88.